The van der Waals surface area contributed by atoms with Crippen molar-refractivity contribution in [3.63, 3.8) is 0 Å². The SMILES string of the molecule is C#CC/C=C(\C=C/C)C1C=C(CC(=O)O)SN1. The molecule has 0 bridgehead atoms. The van der Waals surface area contributed by atoms with Gasteiger partial charge in [-0.1, -0.05) is 24.3 Å². The van der Waals surface area contributed by atoms with Crippen LogP contribution in [0.3, 0.4) is 0 Å². The van der Waals surface area contributed by atoms with Gasteiger partial charge in [-0.15, -0.1) is 12.3 Å². The largest absolute Gasteiger partial charge is 0.481 e. The van der Waals surface area contributed by atoms with E-state index in [0.717, 1.165) is 10.5 Å². The molecule has 0 radical (unpaired) electrons. The summed E-state index contributed by atoms with van der Waals surface area (Å²) in [6.07, 6.45) is 13.7. The van der Waals surface area contributed by atoms with Gasteiger partial charge in [0.2, 0.25) is 0 Å². The van der Waals surface area contributed by atoms with Gasteiger partial charge in [0.1, 0.15) is 0 Å². The number of nitrogens with one attached hydrogen (secondary N) is 1. The van der Waals surface area contributed by atoms with Crippen molar-refractivity contribution in [2.24, 2.45) is 0 Å². The summed E-state index contributed by atoms with van der Waals surface area (Å²) in [6, 6.07) is 0.0406. The molecule has 1 atom stereocenters. The average Bonchev–Trinajstić information content (AvgIpc) is 2.71. The molecule has 4 heteroatoms. The highest BCUT2D eigenvalue weighted by atomic mass is 32.2. The number of carbonyl (C=O) groups is 1. The highest BCUT2D eigenvalue weighted by Crippen LogP contribution is 2.27. The summed E-state index contributed by atoms with van der Waals surface area (Å²) in [4.78, 5) is 11.4. The maximum absolute atomic E-state index is 10.6. The minimum Gasteiger partial charge on any atom is -0.481 e. The van der Waals surface area contributed by atoms with Crippen LogP contribution in [0.5, 0.6) is 0 Å². The maximum Gasteiger partial charge on any atom is 0.308 e. The molecule has 1 unspecified atom stereocenters. The van der Waals surface area contributed by atoms with Crippen LogP contribution in [-0.4, -0.2) is 17.1 Å². The van der Waals surface area contributed by atoms with E-state index in [1.807, 2.05) is 31.2 Å². The number of allylic oxidation sites excluding steroid dienone is 2. The zero-order chi connectivity index (χ0) is 12.7. The van der Waals surface area contributed by atoms with Crippen LogP contribution in [0.1, 0.15) is 19.8 Å². The molecule has 0 aromatic carbocycles. The number of carboxylic acid groups (broad SMARTS) is 1. The van der Waals surface area contributed by atoms with Crippen molar-refractivity contribution in [2.45, 2.75) is 25.8 Å². The van der Waals surface area contributed by atoms with Crippen LogP contribution in [0.15, 0.2) is 34.8 Å². The summed E-state index contributed by atoms with van der Waals surface area (Å²) in [5.74, 6) is 1.75. The van der Waals surface area contributed by atoms with Gasteiger partial charge in [-0.25, -0.2) is 4.72 Å². The van der Waals surface area contributed by atoms with Crippen molar-refractivity contribution in [3.8, 4) is 12.3 Å². The molecular weight excluding hydrogens is 234 g/mol. The van der Waals surface area contributed by atoms with E-state index < -0.39 is 5.97 Å². The molecule has 0 saturated carbocycles. The van der Waals surface area contributed by atoms with Gasteiger partial charge in [-0.2, -0.15) is 0 Å². The van der Waals surface area contributed by atoms with Gasteiger partial charge in [-0.3, -0.25) is 4.79 Å². The van der Waals surface area contributed by atoms with Crippen LogP contribution in [0, 0.1) is 12.3 Å². The Morgan fingerprint density at radius 2 is 2.53 bits per heavy atom. The minimum atomic E-state index is -0.814. The Kier molecular flexibility index (Phi) is 5.61. The van der Waals surface area contributed by atoms with E-state index in [2.05, 4.69) is 10.6 Å². The second kappa shape index (κ2) is 7.00. The van der Waals surface area contributed by atoms with Crippen LogP contribution in [0.25, 0.3) is 0 Å². The first-order chi connectivity index (χ1) is 8.17. The lowest BCUT2D eigenvalue weighted by Gasteiger charge is -2.08. The Morgan fingerprint density at radius 1 is 1.76 bits per heavy atom. The maximum atomic E-state index is 10.6. The molecule has 1 aliphatic heterocycles. The standard InChI is InChI=1S/C13H15NO2S/c1-3-5-7-10(6-4-2)12-8-11(17-14-12)9-13(15)16/h1,4,6-8,12,14H,5,9H2,2H3,(H,15,16)/b6-4-,10-7+. The fourth-order valence-corrected chi connectivity index (χ4v) is 2.35. The van der Waals surface area contributed by atoms with Crippen LogP contribution < -0.4 is 4.72 Å². The van der Waals surface area contributed by atoms with Crippen LogP contribution >= 0.6 is 11.9 Å². The number of hydrogen-bond donors (Lipinski definition) is 2. The van der Waals surface area contributed by atoms with E-state index in [1.165, 1.54) is 11.9 Å². The monoisotopic (exact) mass is 249 g/mol. The molecule has 0 spiro atoms. The summed E-state index contributed by atoms with van der Waals surface area (Å²) < 4.78 is 3.18. The van der Waals surface area contributed by atoms with Crippen LogP contribution in [0.2, 0.25) is 0 Å². The van der Waals surface area contributed by atoms with Crippen molar-refractivity contribution in [1.82, 2.24) is 4.72 Å². The molecule has 90 valence electrons. The predicted octanol–water partition coefficient (Wildman–Crippen LogP) is 2.49. The van der Waals surface area contributed by atoms with Gasteiger partial charge in [0.25, 0.3) is 0 Å². The minimum absolute atomic E-state index is 0.0406. The lowest BCUT2D eigenvalue weighted by atomic mass is 10.1. The van der Waals surface area contributed by atoms with Gasteiger partial charge < -0.3 is 5.11 Å². The van der Waals surface area contributed by atoms with Crippen LogP contribution in [-0.2, 0) is 4.79 Å². The van der Waals surface area contributed by atoms with Crippen molar-refractivity contribution in [3.05, 3.63) is 34.8 Å². The molecule has 0 aromatic heterocycles. The molecule has 3 nitrogen and oxygen atoms in total. The van der Waals surface area contributed by atoms with Gasteiger partial charge in [0, 0.05) is 11.3 Å². The third kappa shape index (κ3) is 4.51. The van der Waals surface area contributed by atoms with Gasteiger partial charge in [0.05, 0.1) is 12.5 Å². The quantitative estimate of drug-likeness (QED) is 0.446. The number of terminal acetylenes is 1. The first kappa shape index (κ1) is 13.6. The lowest BCUT2D eigenvalue weighted by Crippen LogP contribution is -2.17. The Labute approximate surface area is 106 Å². The van der Waals surface area contributed by atoms with E-state index in [0.29, 0.717) is 6.42 Å². The molecule has 0 saturated heterocycles. The van der Waals surface area contributed by atoms with E-state index in [4.69, 9.17) is 11.5 Å². The van der Waals surface area contributed by atoms with Gasteiger partial charge >= 0.3 is 5.97 Å². The van der Waals surface area contributed by atoms with Crippen molar-refractivity contribution in [1.29, 1.82) is 0 Å². The number of aliphatic carboxylic acids is 1. The Bertz CT molecular complexity index is 416. The molecule has 0 amide bonds. The van der Waals surface area contributed by atoms with E-state index in [-0.39, 0.29) is 12.5 Å². The van der Waals surface area contributed by atoms with E-state index >= 15 is 0 Å². The molecular formula is C13H15NO2S. The topological polar surface area (TPSA) is 49.3 Å². The lowest BCUT2D eigenvalue weighted by molar-refractivity contribution is -0.136. The second-order valence-corrected chi connectivity index (χ2v) is 4.48. The summed E-state index contributed by atoms with van der Waals surface area (Å²) in [6.45, 7) is 1.94. The van der Waals surface area contributed by atoms with E-state index in [1.54, 1.807) is 0 Å². The van der Waals surface area contributed by atoms with Gasteiger partial charge in [-0.05, 0) is 24.4 Å². The first-order valence-corrected chi connectivity index (χ1v) is 6.10. The molecule has 0 fully saturated rings. The van der Waals surface area contributed by atoms with E-state index in [9.17, 15) is 4.79 Å². The smallest absolute Gasteiger partial charge is 0.308 e. The number of hydrogen-bond acceptors (Lipinski definition) is 3. The fraction of sp³-hybridized carbons (Fsp3) is 0.308. The Hall–Kier alpha value is -1.44. The highest BCUT2D eigenvalue weighted by Gasteiger charge is 2.19. The molecule has 2 N–H and O–H groups in total. The fourth-order valence-electron chi connectivity index (χ4n) is 1.47. The van der Waals surface area contributed by atoms with Crippen molar-refractivity contribution in [2.75, 3.05) is 0 Å². The Balaban J connectivity index is 2.75. The summed E-state index contributed by atoms with van der Waals surface area (Å²) >= 11 is 1.37. The van der Waals surface area contributed by atoms with Crippen molar-refractivity contribution < 1.29 is 9.90 Å². The second-order valence-electron chi connectivity index (χ2n) is 3.51. The zero-order valence-corrected chi connectivity index (χ0v) is 10.5. The summed E-state index contributed by atoms with van der Waals surface area (Å²) in [5, 5.41) is 8.71. The average molecular weight is 249 g/mol. The van der Waals surface area contributed by atoms with Crippen molar-refractivity contribution >= 4 is 17.9 Å². The molecule has 0 aliphatic carbocycles. The Morgan fingerprint density at radius 3 is 3.12 bits per heavy atom. The zero-order valence-electron chi connectivity index (χ0n) is 9.64. The third-order valence-electron chi connectivity index (χ3n) is 2.17. The normalized spacial score (nSPS) is 20.4. The highest BCUT2D eigenvalue weighted by molar-refractivity contribution is 8.01. The van der Waals surface area contributed by atoms with Gasteiger partial charge in [0.15, 0.2) is 0 Å². The first-order valence-electron chi connectivity index (χ1n) is 5.28. The molecule has 1 rings (SSSR count). The number of carboxylic acids is 1. The molecule has 1 aliphatic rings. The third-order valence-corrected chi connectivity index (χ3v) is 3.08. The molecule has 0 aromatic rings. The molecule has 1 heterocycles. The molecule has 17 heavy (non-hydrogen) atoms. The van der Waals surface area contributed by atoms with Crippen LogP contribution in [0.4, 0.5) is 0 Å². The summed E-state index contributed by atoms with van der Waals surface area (Å²) in [7, 11) is 0. The summed E-state index contributed by atoms with van der Waals surface area (Å²) in [5.41, 5.74) is 1.07. The predicted molar refractivity (Wildman–Crippen MR) is 71.2 cm³/mol. The number of rotatable bonds is 5.